The molecule has 1 N–H and O–H groups in total. The molecular formula is C29H32N2O6. The van der Waals surface area contributed by atoms with E-state index in [2.05, 4.69) is 18.7 Å². The first-order valence-electron chi connectivity index (χ1n) is 12.5. The van der Waals surface area contributed by atoms with Crippen molar-refractivity contribution in [3.63, 3.8) is 0 Å². The van der Waals surface area contributed by atoms with E-state index in [1.54, 1.807) is 36.4 Å². The third-order valence-electron chi connectivity index (χ3n) is 6.86. The summed E-state index contributed by atoms with van der Waals surface area (Å²) in [4.78, 5) is 42.6. The second kappa shape index (κ2) is 11.0. The number of ketones is 1. The van der Waals surface area contributed by atoms with Gasteiger partial charge in [0.25, 0.3) is 5.91 Å². The Kier molecular flexibility index (Phi) is 7.78. The van der Waals surface area contributed by atoms with E-state index in [1.807, 2.05) is 19.1 Å². The van der Waals surface area contributed by atoms with Crippen molar-refractivity contribution in [3.8, 4) is 0 Å². The van der Waals surface area contributed by atoms with Crippen molar-refractivity contribution < 1.29 is 28.6 Å². The van der Waals surface area contributed by atoms with E-state index in [4.69, 9.17) is 9.15 Å². The number of nitrogens with zero attached hydrogens (tertiary/aromatic N) is 2. The fraction of sp³-hybridized carbons (Fsp3) is 0.345. The molecule has 0 aliphatic carbocycles. The van der Waals surface area contributed by atoms with Crippen LogP contribution in [0.3, 0.4) is 0 Å². The maximum atomic E-state index is 13.7. The lowest BCUT2D eigenvalue weighted by molar-refractivity contribution is -0.129. The monoisotopic (exact) mass is 504 g/mol. The summed E-state index contributed by atoms with van der Waals surface area (Å²) < 4.78 is 10.6. The number of methoxy groups -OCH3 is 1. The van der Waals surface area contributed by atoms with Crippen LogP contribution in [-0.2, 0) is 9.53 Å². The maximum absolute atomic E-state index is 13.7. The highest BCUT2D eigenvalue weighted by Gasteiger charge is 2.44. The van der Waals surface area contributed by atoms with Gasteiger partial charge < -0.3 is 24.1 Å². The minimum atomic E-state index is -0.821. The van der Waals surface area contributed by atoms with Crippen LogP contribution in [0, 0.1) is 6.92 Å². The van der Waals surface area contributed by atoms with Gasteiger partial charge in [-0.3, -0.25) is 9.59 Å². The average Bonchev–Trinajstić information content (AvgIpc) is 3.44. The number of aryl methyl sites for hydroxylation is 1. The molecular weight excluding hydrogens is 472 g/mol. The number of hydrogen-bond donors (Lipinski definition) is 1. The molecule has 8 nitrogen and oxygen atoms in total. The predicted octanol–water partition coefficient (Wildman–Crippen LogP) is 4.84. The van der Waals surface area contributed by atoms with Crippen molar-refractivity contribution in [1.29, 1.82) is 0 Å². The Hall–Kier alpha value is -3.91. The highest BCUT2D eigenvalue weighted by atomic mass is 16.5. The number of amides is 1. The molecule has 2 aromatic carbocycles. The zero-order valence-corrected chi connectivity index (χ0v) is 21.6. The number of carbonyl (C=O) groups is 3. The number of aliphatic hydroxyl groups excluding tert-OH is 1. The predicted molar refractivity (Wildman–Crippen MR) is 140 cm³/mol. The molecule has 1 amide bonds. The fourth-order valence-electron chi connectivity index (χ4n) is 4.79. The number of ether oxygens (including phenoxy) is 1. The van der Waals surface area contributed by atoms with Crippen LogP contribution in [0.5, 0.6) is 0 Å². The molecule has 8 heteroatoms. The first-order chi connectivity index (χ1) is 17.8. The van der Waals surface area contributed by atoms with Gasteiger partial charge in [-0.1, -0.05) is 37.6 Å². The maximum Gasteiger partial charge on any atom is 0.337 e. The van der Waals surface area contributed by atoms with Gasteiger partial charge in [-0.15, -0.1) is 0 Å². The molecule has 37 heavy (non-hydrogen) atoms. The molecule has 194 valence electrons. The van der Waals surface area contributed by atoms with Gasteiger partial charge in [0, 0.05) is 11.9 Å². The lowest BCUT2D eigenvalue weighted by atomic mass is 9.94. The van der Waals surface area contributed by atoms with Gasteiger partial charge in [0.2, 0.25) is 5.78 Å². The van der Waals surface area contributed by atoms with E-state index in [0.29, 0.717) is 29.7 Å². The summed E-state index contributed by atoms with van der Waals surface area (Å²) in [6.07, 6.45) is 0.669. The van der Waals surface area contributed by atoms with Gasteiger partial charge in [0.1, 0.15) is 5.58 Å². The van der Waals surface area contributed by atoms with Crippen molar-refractivity contribution in [2.45, 2.75) is 33.2 Å². The number of aliphatic hydroxyl groups is 1. The molecule has 0 saturated heterocycles. The standard InChI is InChI=1S/C29H32N2O6/c1-5-30(6-2)14-7-15-31-25(19-9-11-20(12-10-19)29(35)36-4)24(27(33)28(31)34)26(32)23-17-21-16-18(3)8-13-22(21)37-23/h8-13,16-17,25,33H,5-7,14-15H2,1-4H3. The van der Waals surface area contributed by atoms with E-state index in [9.17, 15) is 19.5 Å². The minimum Gasteiger partial charge on any atom is -0.503 e. The molecule has 1 unspecified atom stereocenters. The van der Waals surface area contributed by atoms with Crippen LogP contribution in [0.4, 0.5) is 0 Å². The van der Waals surface area contributed by atoms with Crippen LogP contribution in [0.15, 0.2) is 64.3 Å². The van der Waals surface area contributed by atoms with Gasteiger partial charge in [-0.05, 0) is 68.9 Å². The van der Waals surface area contributed by atoms with E-state index in [-0.39, 0.29) is 11.3 Å². The Morgan fingerprint density at radius 3 is 2.43 bits per heavy atom. The van der Waals surface area contributed by atoms with E-state index in [1.165, 1.54) is 12.0 Å². The second-order valence-electron chi connectivity index (χ2n) is 9.14. The molecule has 1 atom stereocenters. The number of Topliss-reactive ketones (excluding diaryl/α,β-unsaturated/α-hetero) is 1. The smallest absolute Gasteiger partial charge is 0.337 e. The largest absolute Gasteiger partial charge is 0.503 e. The number of hydrogen-bond acceptors (Lipinski definition) is 7. The van der Waals surface area contributed by atoms with Crippen molar-refractivity contribution in [1.82, 2.24) is 9.80 Å². The van der Waals surface area contributed by atoms with E-state index < -0.39 is 29.5 Å². The molecule has 4 rings (SSSR count). The molecule has 0 fully saturated rings. The Labute approximate surface area is 216 Å². The topological polar surface area (TPSA) is 100 Å². The Morgan fingerprint density at radius 2 is 1.78 bits per heavy atom. The summed E-state index contributed by atoms with van der Waals surface area (Å²) in [5.41, 5.74) is 2.48. The molecule has 2 heterocycles. The number of furan rings is 1. The van der Waals surface area contributed by atoms with Crippen LogP contribution in [0.1, 0.15) is 58.3 Å². The minimum absolute atomic E-state index is 0.0329. The highest BCUT2D eigenvalue weighted by molar-refractivity contribution is 6.16. The molecule has 0 radical (unpaired) electrons. The molecule has 1 aliphatic heterocycles. The Bertz CT molecular complexity index is 1350. The first-order valence-corrected chi connectivity index (χ1v) is 12.5. The molecule has 1 aliphatic rings. The van der Waals surface area contributed by atoms with Crippen LogP contribution >= 0.6 is 0 Å². The van der Waals surface area contributed by atoms with Gasteiger partial charge >= 0.3 is 5.97 Å². The first kappa shape index (κ1) is 26.2. The number of carbonyl (C=O) groups excluding carboxylic acids is 3. The highest BCUT2D eigenvalue weighted by Crippen LogP contribution is 2.40. The van der Waals surface area contributed by atoms with Crippen molar-refractivity contribution >= 4 is 28.6 Å². The van der Waals surface area contributed by atoms with Gasteiger partial charge in [0.15, 0.2) is 11.5 Å². The van der Waals surface area contributed by atoms with Crippen molar-refractivity contribution in [2.75, 3.05) is 33.3 Å². The van der Waals surface area contributed by atoms with Crippen LogP contribution in [0.25, 0.3) is 11.0 Å². The SMILES string of the molecule is CCN(CC)CCCN1C(=O)C(O)=C(C(=O)c2cc3cc(C)ccc3o2)C1c1ccc(C(=O)OC)cc1. The molecule has 0 saturated carbocycles. The number of esters is 1. The summed E-state index contributed by atoms with van der Waals surface area (Å²) in [5.74, 6) is -2.16. The van der Waals surface area contributed by atoms with E-state index >= 15 is 0 Å². The summed E-state index contributed by atoms with van der Waals surface area (Å²) in [6, 6.07) is 12.9. The third-order valence-corrected chi connectivity index (χ3v) is 6.86. The lowest BCUT2D eigenvalue weighted by Gasteiger charge is -2.28. The quantitative estimate of drug-likeness (QED) is 0.312. The van der Waals surface area contributed by atoms with Crippen LogP contribution in [-0.4, -0.2) is 65.9 Å². The average molecular weight is 505 g/mol. The molecule has 1 aromatic heterocycles. The van der Waals surface area contributed by atoms with Crippen molar-refractivity contribution in [3.05, 3.63) is 82.3 Å². The summed E-state index contributed by atoms with van der Waals surface area (Å²) in [6.45, 7) is 9.01. The van der Waals surface area contributed by atoms with Gasteiger partial charge in [0.05, 0.1) is 24.3 Å². The number of rotatable bonds is 10. The normalized spacial score (nSPS) is 15.8. The zero-order chi connectivity index (χ0) is 26.7. The van der Waals surface area contributed by atoms with Crippen LogP contribution < -0.4 is 0 Å². The number of benzene rings is 2. The Morgan fingerprint density at radius 1 is 1.08 bits per heavy atom. The molecule has 0 spiro atoms. The van der Waals surface area contributed by atoms with Crippen LogP contribution in [0.2, 0.25) is 0 Å². The number of fused-ring (bicyclic) bond motifs is 1. The second-order valence-corrected chi connectivity index (χ2v) is 9.14. The molecule has 3 aromatic rings. The lowest BCUT2D eigenvalue weighted by Crippen LogP contribution is -2.34. The summed E-state index contributed by atoms with van der Waals surface area (Å²) in [5, 5.41) is 11.7. The van der Waals surface area contributed by atoms with Crippen molar-refractivity contribution in [2.24, 2.45) is 0 Å². The summed E-state index contributed by atoms with van der Waals surface area (Å²) in [7, 11) is 1.30. The fourth-order valence-corrected chi connectivity index (χ4v) is 4.79. The third kappa shape index (κ3) is 5.15. The summed E-state index contributed by atoms with van der Waals surface area (Å²) >= 11 is 0. The van der Waals surface area contributed by atoms with E-state index in [0.717, 1.165) is 30.6 Å². The van der Waals surface area contributed by atoms with Gasteiger partial charge in [-0.25, -0.2) is 4.79 Å². The Balaban J connectivity index is 1.71. The molecule has 0 bridgehead atoms. The zero-order valence-electron chi connectivity index (χ0n) is 21.6. The van der Waals surface area contributed by atoms with Gasteiger partial charge in [-0.2, -0.15) is 0 Å².